The van der Waals surface area contributed by atoms with Crippen LogP contribution < -0.4 is 18.9 Å². The Morgan fingerprint density at radius 3 is 0.652 bits per heavy atom. The molecule has 0 aliphatic carbocycles. The summed E-state index contributed by atoms with van der Waals surface area (Å²) in [6.45, 7) is 0. The molecule has 0 atom stereocenters. The monoisotopic (exact) mass is 606 g/mol. The van der Waals surface area contributed by atoms with Gasteiger partial charge < -0.3 is 18.9 Å². The number of methoxy groups -OCH3 is 4. The van der Waals surface area contributed by atoms with E-state index in [2.05, 4.69) is 109 Å². The van der Waals surface area contributed by atoms with Crippen LogP contribution in [0.1, 0.15) is 33.4 Å². The lowest BCUT2D eigenvalue weighted by molar-refractivity contribution is 0.400. The zero-order valence-electron chi connectivity index (χ0n) is 26.6. The minimum atomic E-state index is -0.822. The fraction of sp³-hybridized carbons (Fsp3) is 0.143. The third-order valence-electron chi connectivity index (χ3n) is 9.07. The molecule has 0 unspecified atom stereocenters. The summed E-state index contributed by atoms with van der Waals surface area (Å²) < 4.78 is 22.7. The number of rotatable bonds is 11. The highest BCUT2D eigenvalue weighted by molar-refractivity contribution is 5.68. The molecule has 6 aromatic rings. The fourth-order valence-corrected chi connectivity index (χ4v) is 7.04. The summed E-state index contributed by atoms with van der Waals surface area (Å²) in [5.41, 5.74) is 5.00. The topological polar surface area (TPSA) is 36.9 Å². The van der Waals surface area contributed by atoms with Gasteiger partial charge in [-0.25, -0.2) is 0 Å². The van der Waals surface area contributed by atoms with Crippen LogP contribution in [0.2, 0.25) is 0 Å². The Kier molecular flexibility index (Phi) is 8.80. The quantitative estimate of drug-likeness (QED) is 0.138. The summed E-state index contributed by atoms with van der Waals surface area (Å²) in [6.07, 6.45) is 0. The van der Waals surface area contributed by atoms with Crippen LogP contribution in [-0.2, 0) is 10.8 Å². The van der Waals surface area contributed by atoms with Crippen molar-refractivity contribution < 1.29 is 18.9 Å². The minimum Gasteiger partial charge on any atom is -0.497 e. The zero-order chi connectivity index (χ0) is 32.0. The van der Waals surface area contributed by atoms with Crippen molar-refractivity contribution in [1.29, 1.82) is 0 Å². The van der Waals surface area contributed by atoms with Crippen LogP contribution in [0.15, 0.2) is 158 Å². The van der Waals surface area contributed by atoms with Crippen LogP contribution in [0.3, 0.4) is 0 Å². The molecule has 6 rings (SSSR count). The molecule has 4 heteroatoms. The first-order valence-electron chi connectivity index (χ1n) is 15.3. The molecule has 0 radical (unpaired) electrons. The first-order chi connectivity index (χ1) is 22.6. The third-order valence-corrected chi connectivity index (χ3v) is 9.07. The lowest BCUT2D eigenvalue weighted by Crippen LogP contribution is -2.52. The Morgan fingerprint density at radius 1 is 0.261 bits per heavy atom. The van der Waals surface area contributed by atoms with E-state index in [4.69, 9.17) is 18.9 Å². The van der Waals surface area contributed by atoms with Crippen LogP contribution in [0, 0.1) is 0 Å². The molecule has 0 fully saturated rings. The second-order valence-corrected chi connectivity index (χ2v) is 11.1. The number of hydrogen-bond acceptors (Lipinski definition) is 4. The molecule has 6 aromatic carbocycles. The Hall–Kier alpha value is -5.48. The number of hydrogen-bond donors (Lipinski definition) is 0. The Balaban J connectivity index is 1.90. The molecule has 0 heterocycles. The van der Waals surface area contributed by atoms with Crippen LogP contribution in [0.5, 0.6) is 23.0 Å². The molecule has 0 amide bonds. The maximum atomic E-state index is 5.67. The average molecular weight is 607 g/mol. The normalized spacial score (nSPS) is 11.5. The molecule has 4 nitrogen and oxygen atoms in total. The minimum absolute atomic E-state index is 0.791. The number of benzene rings is 6. The van der Waals surface area contributed by atoms with Gasteiger partial charge in [0.2, 0.25) is 0 Å². The van der Waals surface area contributed by atoms with Crippen molar-refractivity contribution in [1.82, 2.24) is 0 Å². The molecule has 0 aromatic heterocycles. The zero-order valence-corrected chi connectivity index (χ0v) is 26.6. The summed E-state index contributed by atoms with van der Waals surface area (Å²) >= 11 is 0. The predicted octanol–water partition coefficient (Wildman–Crippen LogP) is 9.09. The van der Waals surface area contributed by atoms with E-state index in [9.17, 15) is 0 Å². The van der Waals surface area contributed by atoms with E-state index in [1.807, 2.05) is 48.5 Å². The van der Waals surface area contributed by atoms with Gasteiger partial charge in [0.05, 0.1) is 39.3 Å². The van der Waals surface area contributed by atoms with Gasteiger partial charge in [0, 0.05) is 0 Å². The van der Waals surface area contributed by atoms with E-state index in [-0.39, 0.29) is 0 Å². The summed E-state index contributed by atoms with van der Waals surface area (Å²) in [7, 11) is 6.80. The van der Waals surface area contributed by atoms with Crippen LogP contribution in [0.25, 0.3) is 0 Å². The van der Waals surface area contributed by atoms with Gasteiger partial charge in [0.1, 0.15) is 23.0 Å². The van der Waals surface area contributed by atoms with Crippen LogP contribution in [-0.4, -0.2) is 28.4 Å². The third kappa shape index (κ3) is 5.06. The van der Waals surface area contributed by atoms with Crippen molar-refractivity contribution in [3.63, 3.8) is 0 Å². The van der Waals surface area contributed by atoms with E-state index in [0.29, 0.717) is 0 Å². The Labute approximate surface area is 271 Å². The summed E-state index contributed by atoms with van der Waals surface area (Å²) in [5, 5.41) is 0. The Morgan fingerprint density at radius 2 is 0.457 bits per heavy atom. The van der Waals surface area contributed by atoms with Gasteiger partial charge in [-0.15, -0.1) is 0 Å². The van der Waals surface area contributed by atoms with E-state index in [1.54, 1.807) is 28.4 Å². The molecule has 0 spiro atoms. The van der Waals surface area contributed by atoms with Crippen molar-refractivity contribution in [2.75, 3.05) is 28.4 Å². The molecular formula is C42H38O4. The molecular weight excluding hydrogens is 568 g/mol. The van der Waals surface area contributed by atoms with Crippen molar-refractivity contribution in [2.45, 2.75) is 10.8 Å². The highest BCUT2D eigenvalue weighted by Crippen LogP contribution is 2.60. The molecule has 0 saturated heterocycles. The smallest absolute Gasteiger partial charge is 0.118 e. The van der Waals surface area contributed by atoms with E-state index >= 15 is 0 Å². The van der Waals surface area contributed by atoms with Gasteiger partial charge in [-0.3, -0.25) is 0 Å². The molecule has 230 valence electrons. The summed E-state index contributed by atoms with van der Waals surface area (Å²) in [6, 6.07) is 55.5. The van der Waals surface area contributed by atoms with E-state index in [0.717, 1.165) is 56.4 Å². The molecule has 46 heavy (non-hydrogen) atoms. The van der Waals surface area contributed by atoms with Crippen molar-refractivity contribution in [3.8, 4) is 23.0 Å². The van der Waals surface area contributed by atoms with Crippen molar-refractivity contribution in [2.24, 2.45) is 0 Å². The molecule has 0 N–H and O–H groups in total. The first-order valence-corrected chi connectivity index (χ1v) is 15.3. The predicted molar refractivity (Wildman–Crippen MR) is 185 cm³/mol. The molecule has 0 aliphatic heterocycles. The van der Waals surface area contributed by atoms with Gasteiger partial charge in [-0.2, -0.15) is 0 Å². The maximum Gasteiger partial charge on any atom is 0.118 e. The van der Waals surface area contributed by atoms with Gasteiger partial charge >= 0.3 is 0 Å². The van der Waals surface area contributed by atoms with Gasteiger partial charge in [0.25, 0.3) is 0 Å². The second-order valence-electron chi connectivity index (χ2n) is 11.1. The highest BCUT2D eigenvalue weighted by Gasteiger charge is 2.57. The first kappa shape index (κ1) is 30.5. The summed E-state index contributed by atoms with van der Waals surface area (Å²) in [5.74, 6) is 3.17. The van der Waals surface area contributed by atoms with Crippen molar-refractivity contribution in [3.05, 3.63) is 191 Å². The van der Waals surface area contributed by atoms with Crippen molar-refractivity contribution >= 4 is 0 Å². The van der Waals surface area contributed by atoms with Gasteiger partial charge in [0.15, 0.2) is 0 Å². The van der Waals surface area contributed by atoms with Crippen LogP contribution >= 0.6 is 0 Å². The SMILES string of the molecule is COc1ccc(C(c2ccccc2)(c2ccc(OC)cc2)C(c2ccccc2)(c2ccc(OC)cc2)c2ccc(OC)cc2)cc1. The van der Waals surface area contributed by atoms with Crippen LogP contribution in [0.4, 0.5) is 0 Å². The lowest BCUT2D eigenvalue weighted by atomic mass is 9.47. The highest BCUT2D eigenvalue weighted by atomic mass is 16.5. The molecule has 0 aliphatic rings. The largest absolute Gasteiger partial charge is 0.497 e. The van der Waals surface area contributed by atoms with Gasteiger partial charge in [-0.1, -0.05) is 109 Å². The summed E-state index contributed by atoms with van der Waals surface area (Å²) in [4.78, 5) is 0. The number of ether oxygens (including phenoxy) is 4. The molecule has 0 saturated carbocycles. The average Bonchev–Trinajstić information content (AvgIpc) is 3.15. The molecule has 0 bridgehead atoms. The lowest BCUT2D eigenvalue weighted by Gasteiger charge is -2.53. The van der Waals surface area contributed by atoms with E-state index < -0.39 is 10.8 Å². The second kappa shape index (κ2) is 13.3. The maximum absolute atomic E-state index is 5.67. The van der Waals surface area contributed by atoms with Gasteiger partial charge in [-0.05, 0) is 81.9 Å². The standard InChI is InChI=1S/C42H38O4/c1-43-37-23-15-33(16-24-37)41(31-11-7-5-8-12-31,34-17-25-38(44-2)26-18-34)42(32-13-9-6-10-14-32,35-19-27-39(45-3)28-20-35)36-21-29-40(46-4)30-22-36/h5-30H,1-4H3. The Bertz CT molecular complexity index is 1590. The van der Waals surface area contributed by atoms with E-state index in [1.165, 1.54) is 0 Å². The fourth-order valence-electron chi connectivity index (χ4n) is 7.04.